The van der Waals surface area contributed by atoms with Gasteiger partial charge < -0.3 is 10.6 Å². The minimum Gasteiger partial charge on any atom is -0.356 e. The van der Waals surface area contributed by atoms with Crippen molar-refractivity contribution in [3.63, 3.8) is 0 Å². The number of carbonyl (C=O) groups is 1. The molecule has 0 aliphatic rings. The van der Waals surface area contributed by atoms with E-state index in [2.05, 4.69) is 31.4 Å². The van der Waals surface area contributed by atoms with Gasteiger partial charge in [-0.25, -0.2) is 0 Å². The molecule has 0 saturated carbocycles. The van der Waals surface area contributed by atoms with Gasteiger partial charge in [0.15, 0.2) is 0 Å². The van der Waals surface area contributed by atoms with Crippen molar-refractivity contribution in [1.82, 2.24) is 10.6 Å². The van der Waals surface area contributed by atoms with Gasteiger partial charge in [0.05, 0.1) is 0 Å². The summed E-state index contributed by atoms with van der Waals surface area (Å²) < 4.78 is 0. The van der Waals surface area contributed by atoms with Crippen molar-refractivity contribution in [3.05, 3.63) is 0 Å². The van der Waals surface area contributed by atoms with Crippen LogP contribution in [0, 0.1) is 5.41 Å². The Balaban J connectivity index is 3.44. The fourth-order valence-electron chi connectivity index (χ4n) is 0.691. The molecule has 0 heterocycles. The van der Waals surface area contributed by atoms with E-state index in [-0.39, 0.29) is 11.3 Å². The van der Waals surface area contributed by atoms with E-state index >= 15 is 0 Å². The topological polar surface area (TPSA) is 41.1 Å². The molecule has 12 heavy (non-hydrogen) atoms. The summed E-state index contributed by atoms with van der Waals surface area (Å²) in [7, 11) is 1.84. The average Bonchev–Trinajstić information content (AvgIpc) is 1.95. The zero-order chi connectivity index (χ0) is 9.61. The van der Waals surface area contributed by atoms with Crippen molar-refractivity contribution in [1.29, 1.82) is 0 Å². The lowest BCUT2D eigenvalue weighted by Gasteiger charge is -2.18. The van der Waals surface area contributed by atoms with E-state index in [0.717, 1.165) is 13.1 Å². The van der Waals surface area contributed by atoms with Crippen molar-refractivity contribution < 1.29 is 4.79 Å². The maximum absolute atomic E-state index is 11.1. The Hall–Kier alpha value is -0.570. The predicted octanol–water partition coefficient (Wildman–Crippen LogP) is 0.758. The summed E-state index contributed by atoms with van der Waals surface area (Å²) in [6.07, 6.45) is 0.562. The molecule has 0 bridgehead atoms. The largest absolute Gasteiger partial charge is 0.356 e. The quantitative estimate of drug-likeness (QED) is 0.657. The van der Waals surface area contributed by atoms with Gasteiger partial charge in [-0.2, -0.15) is 0 Å². The molecule has 0 radical (unpaired) electrons. The first kappa shape index (κ1) is 11.4. The molecule has 3 nitrogen and oxygen atoms in total. The molecule has 72 valence electrons. The fourth-order valence-corrected chi connectivity index (χ4v) is 0.691. The zero-order valence-electron chi connectivity index (χ0n) is 8.53. The minimum absolute atomic E-state index is 0.124. The molecule has 2 N–H and O–H groups in total. The van der Waals surface area contributed by atoms with Crippen LogP contribution < -0.4 is 10.6 Å². The molecule has 0 atom stereocenters. The summed E-state index contributed by atoms with van der Waals surface area (Å²) in [5.41, 5.74) is 0.176. The molecule has 3 heteroatoms. The summed E-state index contributed by atoms with van der Waals surface area (Å²) in [6.45, 7) is 7.80. The summed E-state index contributed by atoms with van der Waals surface area (Å²) in [6, 6.07) is 0. The molecule has 0 unspecified atom stereocenters. The van der Waals surface area contributed by atoms with Gasteiger partial charge in [-0.15, -0.1) is 0 Å². The van der Waals surface area contributed by atoms with Crippen LogP contribution in [0.15, 0.2) is 0 Å². The van der Waals surface area contributed by atoms with Crippen LogP contribution >= 0.6 is 0 Å². The number of hydrogen-bond acceptors (Lipinski definition) is 2. The number of nitrogens with one attached hydrogen (secondary N) is 2. The monoisotopic (exact) mass is 172 g/mol. The van der Waals surface area contributed by atoms with E-state index in [1.807, 2.05) is 7.05 Å². The second-order valence-electron chi connectivity index (χ2n) is 4.19. The molecule has 0 aromatic rings. The summed E-state index contributed by atoms with van der Waals surface area (Å²) in [5, 5.41) is 5.81. The van der Waals surface area contributed by atoms with Crippen LogP contribution in [0.3, 0.4) is 0 Å². The van der Waals surface area contributed by atoms with Gasteiger partial charge in [-0.05, 0) is 12.5 Å². The van der Waals surface area contributed by atoms with Gasteiger partial charge in [0.2, 0.25) is 5.91 Å². The third-order valence-electron chi connectivity index (χ3n) is 1.42. The van der Waals surface area contributed by atoms with E-state index in [4.69, 9.17) is 0 Å². The Bertz CT molecular complexity index is 138. The van der Waals surface area contributed by atoms with Crippen molar-refractivity contribution >= 4 is 5.91 Å². The minimum atomic E-state index is 0.124. The van der Waals surface area contributed by atoms with Gasteiger partial charge in [0.25, 0.3) is 0 Å². The Morgan fingerprint density at radius 1 is 1.33 bits per heavy atom. The highest BCUT2D eigenvalue weighted by atomic mass is 16.1. The Morgan fingerprint density at radius 2 is 1.92 bits per heavy atom. The highest BCUT2D eigenvalue weighted by Gasteiger charge is 2.10. The third kappa shape index (κ3) is 7.54. The average molecular weight is 172 g/mol. The first-order chi connectivity index (χ1) is 5.45. The predicted molar refractivity (Wildman–Crippen MR) is 51.0 cm³/mol. The highest BCUT2D eigenvalue weighted by molar-refractivity contribution is 5.76. The summed E-state index contributed by atoms with van der Waals surface area (Å²) in [4.78, 5) is 11.1. The first-order valence-corrected chi connectivity index (χ1v) is 4.37. The second-order valence-corrected chi connectivity index (χ2v) is 4.19. The van der Waals surface area contributed by atoms with Crippen molar-refractivity contribution in [2.75, 3.05) is 20.1 Å². The van der Waals surface area contributed by atoms with Crippen LogP contribution in [-0.4, -0.2) is 26.0 Å². The molecule has 0 rings (SSSR count). The number of rotatable bonds is 4. The standard InChI is InChI=1S/C9H20N2O/c1-9(2,3)7-11-8(12)5-6-10-4/h10H,5-7H2,1-4H3,(H,11,12). The van der Waals surface area contributed by atoms with Crippen LogP contribution in [0.2, 0.25) is 0 Å². The van der Waals surface area contributed by atoms with Crippen molar-refractivity contribution in [3.8, 4) is 0 Å². The number of hydrogen-bond donors (Lipinski definition) is 2. The van der Waals surface area contributed by atoms with Crippen molar-refractivity contribution in [2.45, 2.75) is 27.2 Å². The van der Waals surface area contributed by atoms with Gasteiger partial charge in [0, 0.05) is 19.5 Å². The lowest BCUT2D eigenvalue weighted by molar-refractivity contribution is -0.121. The first-order valence-electron chi connectivity index (χ1n) is 4.37. The van der Waals surface area contributed by atoms with E-state index in [9.17, 15) is 4.79 Å². The number of amides is 1. The van der Waals surface area contributed by atoms with Crippen LogP contribution in [0.4, 0.5) is 0 Å². The third-order valence-corrected chi connectivity index (χ3v) is 1.42. The molecule has 0 aliphatic carbocycles. The molecule has 0 aromatic carbocycles. The molecule has 0 fully saturated rings. The molecule has 0 aliphatic heterocycles. The fraction of sp³-hybridized carbons (Fsp3) is 0.889. The van der Waals surface area contributed by atoms with Gasteiger partial charge in [-0.3, -0.25) is 4.79 Å². The summed E-state index contributed by atoms with van der Waals surface area (Å²) in [5.74, 6) is 0.124. The summed E-state index contributed by atoms with van der Waals surface area (Å²) >= 11 is 0. The maximum atomic E-state index is 11.1. The SMILES string of the molecule is CNCCC(=O)NCC(C)(C)C. The molecule has 0 saturated heterocycles. The lowest BCUT2D eigenvalue weighted by Crippen LogP contribution is -2.33. The second kappa shape index (κ2) is 5.14. The highest BCUT2D eigenvalue weighted by Crippen LogP contribution is 2.09. The Labute approximate surface area is 74.9 Å². The van der Waals surface area contributed by atoms with Crippen molar-refractivity contribution in [2.24, 2.45) is 5.41 Å². The molecule has 0 spiro atoms. The van der Waals surface area contributed by atoms with E-state index in [1.54, 1.807) is 0 Å². The molecular formula is C9H20N2O. The van der Waals surface area contributed by atoms with E-state index in [0.29, 0.717) is 6.42 Å². The molecule has 0 aromatic heterocycles. The van der Waals surface area contributed by atoms with E-state index < -0.39 is 0 Å². The maximum Gasteiger partial charge on any atom is 0.221 e. The molecule has 1 amide bonds. The van der Waals surface area contributed by atoms with Crippen LogP contribution in [0.25, 0.3) is 0 Å². The van der Waals surface area contributed by atoms with E-state index in [1.165, 1.54) is 0 Å². The molecular weight excluding hydrogens is 152 g/mol. The van der Waals surface area contributed by atoms with Crippen LogP contribution in [0.1, 0.15) is 27.2 Å². The number of carbonyl (C=O) groups excluding carboxylic acids is 1. The zero-order valence-corrected chi connectivity index (χ0v) is 8.53. The smallest absolute Gasteiger partial charge is 0.221 e. The lowest BCUT2D eigenvalue weighted by atomic mass is 9.97. The normalized spacial score (nSPS) is 11.3. The van der Waals surface area contributed by atoms with Crippen LogP contribution in [0.5, 0.6) is 0 Å². The Kier molecular flexibility index (Phi) is 4.90. The van der Waals surface area contributed by atoms with Crippen LogP contribution in [-0.2, 0) is 4.79 Å². The van der Waals surface area contributed by atoms with Gasteiger partial charge >= 0.3 is 0 Å². The van der Waals surface area contributed by atoms with Gasteiger partial charge in [-0.1, -0.05) is 20.8 Å². The Morgan fingerprint density at radius 3 is 2.33 bits per heavy atom. The van der Waals surface area contributed by atoms with Gasteiger partial charge in [0.1, 0.15) is 0 Å².